The van der Waals surface area contributed by atoms with Crippen molar-refractivity contribution in [2.45, 2.75) is 24.2 Å². The van der Waals surface area contributed by atoms with E-state index in [4.69, 9.17) is 0 Å². The van der Waals surface area contributed by atoms with Crippen molar-refractivity contribution in [3.05, 3.63) is 72.6 Å². The number of hydrogen-bond acceptors (Lipinski definition) is 4. The standard InChI is InChI=1S/C20H20F4N2O4S/c1-2-13-26(14-15-5-3-4-6-18(15)21)19(27)11-12-25-31(28,29)17-9-7-16(8-10-17)30-20(22,23)24/h2-10,25H,1,11-14H2. The Labute approximate surface area is 177 Å². The molecule has 2 aromatic rings. The lowest BCUT2D eigenvalue weighted by atomic mass is 10.2. The van der Waals surface area contributed by atoms with Crippen molar-refractivity contribution in [2.24, 2.45) is 0 Å². The lowest BCUT2D eigenvalue weighted by Crippen LogP contribution is -2.34. The van der Waals surface area contributed by atoms with Gasteiger partial charge in [-0.05, 0) is 30.3 Å². The van der Waals surface area contributed by atoms with Crippen molar-refractivity contribution in [3.63, 3.8) is 0 Å². The van der Waals surface area contributed by atoms with Crippen molar-refractivity contribution >= 4 is 15.9 Å². The number of carbonyl (C=O) groups excluding carboxylic acids is 1. The SMILES string of the molecule is C=CCN(Cc1ccccc1F)C(=O)CCNS(=O)(=O)c1ccc(OC(F)(F)F)cc1. The van der Waals surface area contributed by atoms with Gasteiger partial charge in [-0.15, -0.1) is 19.8 Å². The molecule has 2 aromatic carbocycles. The summed E-state index contributed by atoms with van der Waals surface area (Å²) in [6.45, 7) is 3.43. The normalized spacial score (nSPS) is 11.7. The molecule has 0 bridgehead atoms. The minimum absolute atomic E-state index is 0.00898. The third-order valence-corrected chi connectivity index (χ3v) is 5.50. The number of nitrogens with zero attached hydrogens (tertiary/aromatic N) is 1. The van der Waals surface area contributed by atoms with Crippen molar-refractivity contribution in [3.8, 4) is 5.75 Å². The van der Waals surface area contributed by atoms with Crippen LogP contribution in [0.2, 0.25) is 0 Å². The summed E-state index contributed by atoms with van der Waals surface area (Å²) >= 11 is 0. The first kappa shape index (κ1) is 24.4. The Kier molecular flexibility index (Phi) is 8.17. The van der Waals surface area contributed by atoms with Crippen LogP contribution in [0.5, 0.6) is 5.75 Å². The summed E-state index contributed by atoms with van der Waals surface area (Å²) in [5.41, 5.74) is 0.305. The van der Waals surface area contributed by atoms with Gasteiger partial charge in [0.1, 0.15) is 11.6 Å². The van der Waals surface area contributed by atoms with Crippen molar-refractivity contribution in [2.75, 3.05) is 13.1 Å². The first-order valence-corrected chi connectivity index (χ1v) is 10.5. The average molecular weight is 460 g/mol. The molecule has 0 radical (unpaired) electrons. The van der Waals surface area contributed by atoms with Crippen LogP contribution in [0.1, 0.15) is 12.0 Å². The lowest BCUT2D eigenvalue weighted by molar-refractivity contribution is -0.274. The second-order valence-corrected chi connectivity index (χ2v) is 8.09. The Morgan fingerprint density at radius 3 is 2.35 bits per heavy atom. The average Bonchev–Trinajstić information content (AvgIpc) is 2.68. The van der Waals surface area contributed by atoms with Crippen molar-refractivity contribution in [1.82, 2.24) is 9.62 Å². The molecule has 31 heavy (non-hydrogen) atoms. The van der Waals surface area contributed by atoms with Gasteiger partial charge in [0.15, 0.2) is 0 Å². The number of benzene rings is 2. The highest BCUT2D eigenvalue weighted by Gasteiger charge is 2.31. The van der Waals surface area contributed by atoms with Gasteiger partial charge in [0.2, 0.25) is 15.9 Å². The van der Waals surface area contributed by atoms with E-state index in [1.165, 1.54) is 29.2 Å². The summed E-state index contributed by atoms with van der Waals surface area (Å²) in [7, 11) is -4.06. The molecule has 2 rings (SSSR count). The number of nitrogens with one attached hydrogen (secondary N) is 1. The van der Waals surface area contributed by atoms with Crippen LogP contribution in [0.3, 0.4) is 0 Å². The highest BCUT2D eigenvalue weighted by molar-refractivity contribution is 7.89. The zero-order valence-corrected chi connectivity index (χ0v) is 17.0. The smallest absolute Gasteiger partial charge is 0.406 e. The number of alkyl halides is 3. The summed E-state index contributed by atoms with van der Waals surface area (Å²) in [6.07, 6.45) is -3.64. The van der Waals surface area contributed by atoms with E-state index in [0.29, 0.717) is 5.56 Å². The minimum Gasteiger partial charge on any atom is -0.406 e. The molecule has 0 aliphatic heterocycles. The maximum absolute atomic E-state index is 13.8. The Balaban J connectivity index is 1.95. The molecule has 0 heterocycles. The van der Waals surface area contributed by atoms with Gasteiger partial charge >= 0.3 is 6.36 Å². The molecular weight excluding hydrogens is 440 g/mol. The molecule has 0 fully saturated rings. The van der Waals surface area contributed by atoms with Crippen LogP contribution in [0.15, 0.2) is 66.1 Å². The first-order valence-electron chi connectivity index (χ1n) is 8.99. The van der Waals surface area contributed by atoms with E-state index in [9.17, 15) is 30.8 Å². The van der Waals surface area contributed by atoms with Gasteiger partial charge in [0.25, 0.3) is 0 Å². The summed E-state index contributed by atoms with van der Waals surface area (Å²) in [6, 6.07) is 9.60. The van der Waals surface area contributed by atoms with Crippen LogP contribution in [-0.4, -0.2) is 38.7 Å². The Hall–Kier alpha value is -2.92. The van der Waals surface area contributed by atoms with Crippen molar-refractivity contribution in [1.29, 1.82) is 0 Å². The van der Waals surface area contributed by atoms with Gasteiger partial charge in [-0.3, -0.25) is 4.79 Å². The highest BCUT2D eigenvalue weighted by atomic mass is 32.2. The number of ether oxygens (including phenoxy) is 1. The van der Waals surface area contributed by atoms with Gasteiger partial charge < -0.3 is 9.64 Å². The minimum atomic E-state index is -4.89. The molecule has 0 aliphatic carbocycles. The molecule has 6 nitrogen and oxygen atoms in total. The quantitative estimate of drug-likeness (QED) is 0.434. The first-order chi connectivity index (χ1) is 14.5. The third-order valence-electron chi connectivity index (χ3n) is 4.02. The summed E-state index contributed by atoms with van der Waals surface area (Å²) in [5, 5.41) is 0. The number of amides is 1. The maximum Gasteiger partial charge on any atom is 0.573 e. The molecule has 0 aliphatic rings. The molecular formula is C20H20F4N2O4S. The predicted octanol–water partition coefficient (Wildman–Crippen LogP) is 3.61. The molecule has 0 atom stereocenters. The zero-order valence-electron chi connectivity index (χ0n) is 16.2. The van der Waals surface area contributed by atoms with E-state index in [1.807, 2.05) is 0 Å². The molecule has 0 unspecified atom stereocenters. The predicted molar refractivity (Wildman–Crippen MR) is 105 cm³/mol. The van der Waals surface area contributed by atoms with Crippen LogP contribution in [0.25, 0.3) is 0 Å². The molecule has 0 saturated carbocycles. The molecule has 1 amide bonds. The van der Waals surface area contributed by atoms with Crippen LogP contribution in [0, 0.1) is 5.82 Å². The van der Waals surface area contributed by atoms with Gasteiger partial charge in [-0.2, -0.15) is 0 Å². The molecule has 0 aromatic heterocycles. The van der Waals surface area contributed by atoms with E-state index in [-0.39, 0.29) is 31.0 Å². The Bertz CT molecular complexity index is 1010. The van der Waals surface area contributed by atoms with Crippen LogP contribution >= 0.6 is 0 Å². The monoisotopic (exact) mass is 460 g/mol. The Morgan fingerprint density at radius 2 is 1.77 bits per heavy atom. The number of halogens is 4. The molecule has 0 spiro atoms. The summed E-state index contributed by atoms with van der Waals surface area (Å²) in [4.78, 5) is 13.5. The van der Waals surface area contributed by atoms with Gasteiger partial charge in [0.05, 0.1) is 4.90 Å². The van der Waals surface area contributed by atoms with Crippen LogP contribution in [-0.2, 0) is 21.4 Å². The summed E-state index contributed by atoms with van der Waals surface area (Å²) in [5.74, 6) is -1.46. The lowest BCUT2D eigenvalue weighted by Gasteiger charge is -2.21. The Morgan fingerprint density at radius 1 is 1.13 bits per heavy atom. The molecule has 1 N–H and O–H groups in total. The fourth-order valence-electron chi connectivity index (χ4n) is 2.60. The van der Waals surface area contributed by atoms with E-state index >= 15 is 0 Å². The molecule has 0 saturated heterocycles. The fourth-order valence-corrected chi connectivity index (χ4v) is 3.63. The van der Waals surface area contributed by atoms with E-state index in [0.717, 1.165) is 24.3 Å². The summed E-state index contributed by atoms with van der Waals surface area (Å²) < 4.78 is 80.8. The largest absolute Gasteiger partial charge is 0.573 e. The number of carbonyl (C=O) groups is 1. The van der Waals surface area contributed by atoms with Crippen molar-refractivity contribution < 1.29 is 35.5 Å². The van der Waals surface area contributed by atoms with E-state index in [1.54, 1.807) is 6.07 Å². The topological polar surface area (TPSA) is 75.7 Å². The second kappa shape index (κ2) is 10.4. The number of rotatable bonds is 10. The number of hydrogen-bond donors (Lipinski definition) is 1. The molecule has 11 heteroatoms. The maximum atomic E-state index is 13.8. The fraction of sp³-hybridized carbons (Fsp3) is 0.250. The highest BCUT2D eigenvalue weighted by Crippen LogP contribution is 2.23. The van der Waals surface area contributed by atoms with Crippen LogP contribution < -0.4 is 9.46 Å². The van der Waals surface area contributed by atoms with E-state index in [2.05, 4.69) is 16.0 Å². The molecule has 168 valence electrons. The number of sulfonamides is 1. The van der Waals surface area contributed by atoms with Crippen LogP contribution in [0.4, 0.5) is 17.6 Å². The van der Waals surface area contributed by atoms with E-state index < -0.39 is 33.9 Å². The van der Waals surface area contributed by atoms with Gasteiger partial charge in [0, 0.05) is 31.6 Å². The van der Waals surface area contributed by atoms with Gasteiger partial charge in [-0.1, -0.05) is 24.3 Å². The third kappa shape index (κ3) is 7.68. The zero-order chi connectivity index (χ0) is 23.1. The van der Waals surface area contributed by atoms with Gasteiger partial charge in [-0.25, -0.2) is 17.5 Å². The second-order valence-electron chi connectivity index (χ2n) is 6.32.